The molecule has 2 aromatic rings. The SMILES string of the molecule is O=C(NCc1ccc(C(F)(F)F)cc1)c1coc(C2CCCN2)n1. The molecular weight excluding hydrogens is 323 g/mol. The van der Waals surface area contributed by atoms with Gasteiger partial charge in [0.15, 0.2) is 5.69 Å². The number of carbonyl (C=O) groups excluding carboxylic acids is 1. The molecule has 1 aliphatic rings. The second kappa shape index (κ2) is 6.64. The van der Waals surface area contributed by atoms with Crippen molar-refractivity contribution < 1.29 is 22.4 Å². The van der Waals surface area contributed by atoms with E-state index in [0.717, 1.165) is 31.5 Å². The highest BCUT2D eigenvalue weighted by molar-refractivity contribution is 5.91. The maximum Gasteiger partial charge on any atom is 0.416 e. The highest BCUT2D eigenvalue weighted by Gasteiger charge is 2.30. The Morgan fingerprint density at radius 2 is 2.08 bits per heavy atom. The number of hydrogen-bond acceptors (Lipinski definition) is 4. The monoisotopic (exact) mass is 339 g/mol. The highest BCUT2D eigenvalue weighted by atomic mass is 19.4. The molecule has 1 aliphatic heterocycles. The molecule has 2 N–H and O–H groups in total. The molecule has 0 spiro atoms. The van der Waals surface area contributed by atoms with Crippen LogP contribution < -0.4 is 10.6 Å². The number of carbonyl (C=O) groups is 1. The van der Waals surface area contributed by atoms with Gasteiger partial charge >= 0.3 is 6.18 Å². The van der Waals surface area contributed by atoms with Crippen molar-refractivity contribution in [1.29, 1.82) is 0 Å². The molecule has 128 valence electrons. The van der Waals surface area contributed by atoms with E-state index >= 15 is 0 Å². The topological polar surface area (TPSA) is 67.2 Å². The van der Waals surface area contributed by atoms with Gasteiger partial charge in [0.1, 0.15) is 6.26 Å². The first-order chi connectivity index (χ1) is 11.4. The number of oxazole rings is 1. The maximum absolute atomic E-state index is 12.5. The van der Waals surface area contributed by atoms with Crippen LogP contribution in [0.2, 0.25) is 0 Å². The first-order valence-corrected chi connectivity index (χ1v) is 7.56. The Hall–Kier alpha value is -2.35. The lowest BCUT2D eigenvalue weighted by Gasteiger charge is -2.08. The van der Waals surface area contributed by atoms with Crippen molar-refractivity contribution in [2.24, 2.45) is 0 Å². The fourth-order valence-corrected chi connectivity index (χ4v) is 2.53. The van der Waals surface area contributed by atoms with Crippen LogP contribution in [0.1, 0.15) is 46.4 Å². The molecule has 24 heavy (non-hydrogen) atoms. The summed E-state index contributed by atoms with van der Waals surface area (Å²) in [4.78, 5) is 16.2. The molecule has 1 amide bonds. The predicted octanol–water partition coefficient (Wildman–Crippen LogP) is 3.05. The predicted molar refractivity (Wildman–Crippen MR) is 79.1 cm³/mol. The van der Waals surface area contributed by atoms with Crippen LogP contribution in [0.4, 0.5) is 13.2 Å². The Morgan fingerprint density at radius 3 is 2.71 bits per heavy atom. The van der Waals surface area contributed by atoms with Gasteiger partial charge in [-0.3, -0.25) is 4.79 Å². The zero-order valence-electron chi connectivity index (χ0n) is 12.7. The van der Waals surface area contributed by atoms with Gasteiger partial charge in [-0.15, -0.1) is 0 Å². The molecule has 8 heteroatoms. The summed E-state index contributed by atoms with van der Waals surface area (Å²) >= 11 is 0. The number of alkyl halides is 3. The van der Waals surface area contributed by atoms with E-state index < -0.39 is 17.6 Å². The van der Waals surface area contributed by atoms with Crippen LogP contribution in [0.5, 0.6) is 0 Å². The normalized spacial score (nSPS) is 17.9. The molecule has 1 unspecified atom stereocenters. The van der Waals surface area contributed by atoms with Gasteiger partial charge in [-0.25, -0.2) is 4.98 Å². The molecular formula is C16H16F3N3O2. The lowest BCUT2D eigenvalue weighted by Crippen LogP contribution is -2.23. The van der Waals surface area contributed by atoms with Crippen LogP contribution in [-0.4, -0.2) is 17.4 Å². The Bertz CT molecular complexity index is 704. The summed E-state index contributed by atoms with van der Waals surface area (Å²) in [5, 5.41) is 5.83. The van der Waals surface area contributed by atoms with Gasteiger partial charge in [0.05, 0.1) is 11.6 Å². The fourth-order valence-electron chi connectivity index (χ4n) is 2.53. The maximum atomic E-state index is 12.5. The fraction of sp³-hybridized carbons (Fsp3) is 0.375. The number of benzene rings is 1. The number of halogens is 3. The molecule has 1 aromatic heterocycles. The van der Waals surface area contributed by atoms with Gasteiger partial charge in [0.2, 0.25) is 5.89 Å². The first-order valence-electron chi connectivity index (χ1n) is 7.56. The first kappa shape index (κ1) is 16.5. The van der Waals surface area contributed by atoms with Crippen LogP contribution in [-0.2, 0) is 12.7 Å². The van der Waals surface area contributed by atoms with Crippen molar-refractivity contribution in [3.05, 3.63) is 53.2 Å². The Kier molecular flexibility index (Phi) is 4.57. The van der Waals surface area contributed by atoms with Crippen molar-refractivity contribution in [2.75, 3.05) is 6.54 Å². The van der Waals surface area contributed by atoms with E-state index in [2.05, 4.69) is 15.6 Å². The van der Waals surface area contributed by atoms with Crippen molar-refractivity contribution in [3.63, 3.8) is 0 Å². The highest BCUT2D eigenvalue weighted by Crippen LogP contribution is 2.29. The largest absolute Gasteiger partial charge is 0.446 e. The van der Waals surface area contributed by atoms with Crippen LogP contribution >= 0.6 is 0 Å². The lowest BCUT2D eigenvalue weighted by molar-refractivity contribution is -0.137. The zero-order chi connectivity index (χ0) is 17.2. The third kappa shape index (κ3) is 3.76. The minimum absolute atomic E-state index is 0.0291. The molecule has 1 aromatic carbocycles. The molecule has 1 fully saturated rings. The van der Waals surface area contributed by atoms with E-state index in [1.54, 1.807) is 0 Å². The quantitative estimate of drug-likeness (QED) is 0.898. The Balaban J connectivity index is 1.57. The third-order valence-corrected chi connectivity index (χ3v) is 3.85. The molecule has 0 radical (unpaired) electrons. The van der Waals surface area contributed by atoms with E-state index in [1.807, 2.05) is 0 Å². The number of amides is 1. The Labute approximate surface area is 136 Å². The molecule has 1 saturated heterocycles. The van der Waals surface area contributed by atoms with Crippen molar-refractivity contribution in [3.8, 4) is 0 Å². The van der Waals surface area contributed by atoms with Crippen LogP contribution in [0, 0.1) is 0 Å². The lowest BCUT2D eigenvalue weighted by atomic mass is 10.1. The van der Waals surface area contributed by atoms with Crippen molar-refractivity contribution in [2.45, 2.75) is 31.6 Å². The number of aromatic nitrogens is 1. The number of rotatable bonds is 4. The summed E-state index contributed by atoms with van der Waals surface area (Å²) in [5.41, 5.74) is 0.00548. The second-order valence-corrected chi connectivity index (χ2v) is 5.60. The average molecular weight is 339 g/mol. The molecule has 0 bridgehead atoms. The van der Waals surface area contributed by atoms with Crippen LogP contribution in [0.25, 0.3) is 0 Å². The van der Waals surface area contributed by atoms with Crippen LogP contribution in [0.15, 0.2) is 34.9 Å². The van der Waals surface area contributed by atoms with Gasteiger partial charge in [-0.2, -0.15) is 13.2 Å². The van der Waals surface area contributed by atoms with E-state index in [1.165, 1.54) is 18.4 Å². The minimum atomic E-state index is -4.37. The van der Waals surface area contributed by atoms with Crippen molar-refractivity contribution in [1.82, 2.24) is 15.6 Å². The number of nitrogens with zero attached hydrogens (tertiary/aromatic N) is 1. The average Bonchev–Trinajstić information content (AvgIpc) is 3.22. The summed E-state index contributed by atoms with van der Waals surface area (Å²) in [7, 11) is 0. The standard InChI is InChI=1S/C16H16F3N3O2/c17-16(18,19)11-5-3-10(4-6-11)8-21-14(23)13-9-24-15(22-13)12-2-1-7-20-12/h3-6,9,12,20H,1-2,7-8H2,(H,21,23). The van der Waals surface area contributed by atoms with Gasteiger partial charge in [-0.1, -0.05) is 12.1 Å². The molecule has 3 rings (SSSR count). The summed E-state index contributed by atoms with van der Waals surface area (Å²) in [6.45, 7) is 1.00. The van der Waals surface area contributed by atoms with E-state index in [4.69, 9.17) is 4.42 Å². The summed E-state index contributed by atoms with van der Waals surface area (Å²) in [6, 6.07) is 4.67. The number of hydrogen-bond donors (Lipinski definition) is 2. The van der Waals surface area contributed by atoms with E-state index in [-0.39, 0.29) is 18.3 Å². The Morgan fingerprint density at radius 1 is 1.33 bits per heavy atom. The molecule has 0 aliphatic carbocycles. The number of nitrogens with one attached hydrogen (secondary N) is 2. The zero-order valence-corrected chi connectivity index (χ0v) is 12.7. The second-order valence-electron chi connectivity index (χ2n) is 5.60. The molecule has 0 saturated carbocycles. The molecule has 2 heterocycles. The molecule has 5 nitrogen and oxygen atoms in total. The van der Waals surface area contributed by atoms with Gasteiger partial charge in [0, 0.05) is 6.54 Å². The van der Waals surface area contributed by atoms with E-state index in [0.29, 0.717) is 11.5 Å². The minimum Gasteiger partial charge on any atom is -0.446 e. The smallest absolute Gasteiger partial charge is 0.416 e. The summed E-state index contributed by atoms with van der Waals surface area (Å²) < 4.78 is 42.8. The van der Waals surface area contributed by atoms with Crippen molar-refractivity contribution >= 4 is 5.91 Å². The van der Waals surface area contributed by atoms with Gasteiger partial charge in [-0.05, 0) is 37.1 Å². The van der Waals surface area contributed by atoms with Gasteiger partial charge in [0.25, 0.3) is 5.91 Å². The summed E-state index contributed by atoms with van der Waals surface area (Å²) in [5.74, 6) is 0.0510. The van der Waals surface area contributed by atoms with Crippen LogP contribution in [0.3, 0.4) is 0 Å². The van der Waals surface area contributed by atoms with Gasteiger partial charge < -0.3 is 15.1 Å². The van der Waals surface area contributed by atoms with E-state index in [9.17, 15) is 18.0 Å². The molecule has 1 atom stereocenters. The third-order valence-electron chi connectivity index (χ3n) is 3.85. The summed E-state index contributed by atoms with van der Waals surface area (Å²) in [6.07, 6.45) is -1.14.